The molecule has 2 atom stereocenters. The number of aromatic nitrogens is 2. The van der Waals surface area contributed by atoms with Crippen LogP contribution in [0.4, 0.5) is 5.95 Å². The number of carbonyl (C=O) groups is 1. The summed E-state index contributed by atoms with van der Waals surface area (Å²) in [4.78, 5) is 22.2. The van der Waals surface area contributed by atoms with Gasteiger partial charge < -0.3 is 15.0 Å². The van der Waals surface area contributed by atoms with Crippen molar-refractivity contribution in [2.45, 2.75) is 31.4 Å². The van der Waals surface area contributed by atoms with Gasteiger partial charge in [-0.15, -0.1) is 0 Å². The smallest absolute Gasteiger partial charge is 0.254 e. The van der Waals surface area contributed by atoms with Gasteiger partial charge in [0.15, 0.2) is 9.84 Å². The van der Waals surface area contributed by atoms with Gasteiger partial charge in [0.05, 0.1) is 23.2 Å². The molecule has 2 aliphatic heterocycles. The number of ether oxygens (including phenoxy) is 1. The fourth-order valence-corrected chi connectivity index (χ4v) is 4.75. The quantitative estimate of drug-likeness (QED) is 0.794. The van der Waals surface area contributed by atoms with Gasteiger partial charge in [-0.25, -0.2) is 18.4 Å². The SMILES string of the molecule is CN(c1ncc(C(=O)NCC2CCCO2)cn1)C1CCS(=O)(=O)C1. The first-order chi connectivity index (χ1) is 11.4. The van der Waals surface area contributed by atoms with Gasteiger partial charge in [-0.05, 0) is 19.3 Å². The molecule has 0 spiro atoms. The Bertz CT molecular complexity index is 686. The van der Waals surface area contributed by atoms with Crippen LogP contribution in [-0.2, 0) is 14.6 Å². The Hall–Kier alpha value is -1.74. The van der Waals surface area contributed by atoms with Crippen LogP contribution < -0.4 is 10.2 Å². The maximum absolute atomic E-state index is 12.1. The molecule has 0 aromatic carbocycles. The molecular weight excluding hydrogens is 332 g/mol. The molecular formula is C15H22N4O4S. The zero-order chi connectivity index (χ0) is 17.2. The molecule has 24 heavy (non-hydrogen) atoms. The van der Waals surface area contributed by atoms with E-state index < -0.39 is 9.84 Å². The molecule has 2 saturated heterocycles. The van der Waals surface area contributed by atoms with Gasteiger partial charge in [-0.3, -0.25) is 4.79 Å². The number of nitrogens with zero attached hydrogens (tertiary/aromatic N) is 3. The van der Waals surface area contributed by atoms with Crippen LogP contribution in [0.2, 0.25) is 0 Å². The van der Waals surface area contributed by atoms with Crippen molar-refractivity contribution in [3.8, 4) is 0 Å². The van der Waals surface area contributed by atoms with Gasteiger partial charge in [0, 0.05) is 38.6 Å². The van der Waals surface area contributed by atoms with Gasteiger partial charge in [0.25, 0.3) is 5.91 Å². The second-order valence-corrected chi connectivity index (χ2v) is 8.51. The lowest BCUT2D eigenvalue weighted by atomic mass is 10.2. The zero-order valence-corrected chi connectivity index (χ0v) is 14.5. The molecule has 2 unspecified atom stereocenters. The summed E-state index contributed by atoms with van der Waals surface area (Å²) in [6.45, 7) is 1.24. The molecule has 8 nitrogen and oxygen atoms in total. The number of anilines is 1. The van der Waals surface area contributed by atoms with Crippen molar-refractivity contribution in [2.75, 3.05) is 36.6 Å². The van der Waals surface area contributed by atoms with Crippen LogP contribution in [-0.4, -0.2) is 68.1 Å². The van der Waals surface area contributed by atoms with E-state index in [9.17, 15) is 13.2 Å². The number of hydrogen-bond donors (Lipinski definition) is 1. The minimum absolute atomic E-state index is 0.0876. The zero-order valence-electron chi connectivity index (χ0n) is 13.6. The lowest BCUT2D eigenvalue weighted by molar-refractivity contribution is 0.0857. The molecule has 0 bridgehead atoms. The van der Waals surface area contributed by atoms with Crippen LogP contribution in [0.3, 0.4) is 0 Å². The molecule has 3 rings (SSSR count). The second-order valence-electron chi connectivity index (χ2n) is 6.28. The summed E-state index contributed by atoms with van der Waals surface area (Å²) in [7, 11) is -1.18. The maximum Gasteiger partial charge on any atom is 0.254 e. The topological polar surface area (TPSA) is 101 Å². The van der Waals surface area contributed by atoms with Crippen molar-refractivity contribution in [3.63, 3.8) is 0 Å². The molecule has 1 N–H and O–H groups in total. The summed E-state index contributed by atoms with van der Waals surface area (Å²) in [5, 5.41) is 2.82. The normalized spacial score (nSPS) is 25.5. The molecule has 1 amide bonds. The van der Waals surface area contributed by atoms with Crippen LogP contribution in [0.25, 0.3) is 0 Å². The van der Waals surface area contributed by atoms with Gasteiger partial charge in [-0.1, -0.05) is 0 Å². The number of nitrogens with one attached hydrogen (secondary N) is 1. The fourth-order valence-electron chi connectivity index (χ4n) is 2.98. The van der Waals surface area contributed by atoms with E-state index in [1.54, 1.807) is 11.9 Å². The number of amides is 1. The van der Waals surface area contributed by atoms with E-state index in [1.807, 2.05) is 0 Å². The van der Waals surface area contributed by atoms with Crippen LogP contribution in [0, 0.1) is 0 Å². The summed E-state index contributed by atoms with van der Waals surface area (Å²) < 4.78 is 28.6. The minimum Gasteiger partial charge on any atom is -0.376 e. The summed E-state index contributed by atoms with van der Waals surface area (Å²) in [5.41, 5.74) is 0.379. The highest BCUT2D eigenvalue weighted by atomic mass is 32.2. The molecule has 1 aromatic heterocycles. The Labute approximate surface area is 141 Å². The highest BCUT2D eigenvalue weighted by molar-refractivity contribution is 7.91. The summed E-state index contributed by atoms with van der Waals surface area (Å²) >= 11 is 0. The van der Waals surface area contributed by atoms with E-state index in [2.05, 4.69) is 15.3 Å². The first kappa shape index (κ1) is 17.1. The predicted octanol–water partition coefficient (Wildman–Crippen LogP) is 0.00870. The number of sulfone groups is 1. The molecule has 2 aliphatic rings. The Balaban J connectivity index is 1.57. The molecule has 1 aromatic rings. The highest BCUT2D eigenvalue weighted by Gasteiger charge is 2.31. The highest BCUT2D eigenvalue weighted by Crippen LogP contribution is 2.20. The molecule has 3 heterocycles. The molecule has 0 radical (unpaired) electrons. The van der Waals surface area contributed by atoms with Crippen LogP contribution in [0.15, 0.2) is 12.4 Å². The standard InChI is InChI=1S/C15H22N4O4S/c1-19(12-4-6-24(21,22)10-12)15-17-7-11(8-18-15)14(20)16-9-13-3-2-5-23-13/h7-8,12-13H,2-6,9-10H2,1H3,(H,16,20). The van der Waals surface area contributed by atoms with E-state index in [-0.39, 0.29) is 29.6 Å². The summed E-state index contributed by atoms with van der Waals surface area (Å²) in [6, 6.07) is -0.116. The number of carbonyl (C=O) groups excluding carboxylic acids is 1. The maximum atomic E-state index is 12.1. The third kappa shape index (κ3) is 4.02. The molecule has 9 heteroatoms. The van der Waals surface area contributed by atoms with Crippen LogP contribution >= 0.6 is 0 Å². The summed E-state index contributed by atoms with van der Waals surface area (Å²) in [6.07, 6.45) is 5.59. The van der Waals surface area contributed by atoms with Crippen molar-refractivity contribution in [1.82, 2.24) is 15.3 Å². The van der Waals surface area contributed by atoms with Crippen molar-refractivity contribution >= 4 is 21.7 Å². The Morgan fingerprint density at radius 1 is 1.38 bits per heavy atom. The first-order valence-corrected chi connectivity index (χ1v) is 9.92. The average Bonchev–Trinajstić information content (AvgIpc) is 3.21. The van der Waals surface area contributed by atoms with Crippen molar-refractivity contribution in [2.24, 2.45) is 0 Å². The van der Waals surface area contributed by atoms with E-state index in [0.717, 1.165) is 19.4 Å². The lowest BCUT2D eigenvalue weighted by Crippen LogP contribution is -2.34. The number of rotatable bonds is 5. The average molecular weight is 354 g/mol. The molecule has 2 fully saturated rings. The molecule has 0 aliphatic carbocycles. The lowest BCUT2D eigenvalue weighted by Gasteiger charge is -2.23. The van der Waals surface area contributed by atoms with Crippen molar-refractivity contribution in [3.05, 3.63) is 18.0 Å². The summed E-state index contributed by atoms with van der Waals surface area (Å²) in [5.74, 6) is 0.512. The second kappa shape index (κ2) is 7.02. The molecule has 0 saturated carbocycles. The number of hydrogen-bond acceptors (Lipinski definition) is 7. The van der Waals surface area contributed by atoms with Crippen LogP contribution in [0.5, 0.6) is 0 Å². The van der Waals surface area contributed by atoms with Crippen molar-refractivity contribution in [1.29, 1.82) is 0 Å². The third-order valence-electron chi connectivity index (χ3n) is 4.49. The van der Waals surface area contributed by atoms with Crippen LogP contribution in [0.1, 0.15) is 29.6 Å². The third-order valence-corrected chi connectivity index (χ3v) is 6.24. The van der Waals surface area contributed by atoms with Gasteiger partial charge in [0.2, 0.25) is 5.95 Å². The Morgan fingerprint density at radius 3 is 2.71 bits per heavy atom. The largest absolute Gasteiger partial charge is 0.376 e. The Kier molecular flexibility index (Phi) is 5.00. The van der Waals surface area contributed by atoms with Gasteiger partial charge in [0.1, 0.15) is 0 Å². The monoisotopic (exact) mass is 354 g/mol. The van der Waals surface area contributed by atoms with E-state index in [1.165, 1.54) is 12.4 Å². The van der Waals surface area contributed by atoms with Gasteiger partial charge in [-0.2, -0.15) is 0 Å². The minimum atomic E-state index is -2.96. The Morgan fingerprint density at radius 2 is 2.12 bits per heavy atom. The first-order valence-electron chi connectivity index (χ1n) is 8.10. The van der Waals surface area contributed by atoms with E-state index >= 15 is 0 Å². The predicted molar refractivity (Wildman–Crippen MR) is 88.8 cm³/mol. The van der Waals surface area contributed by atoms with E-state index in [0.29, 0.717) is 24.5 Å². The van der Waals surface area contributed by atoms with Gasteiger partial charge >= 0.3 is 0 Å². The van der Waals surface area contributed by atoms with Crippen molar-refractivity contribution < 1.29 is 17.9 Å². The fraction of sp³-hybridized carbons (Fsp3) is 0.667. The van der Waals surface area contributed by atoms with E-state index in [4.69, 9.17) is 4.74 Å². The molecule has 132 valence electrons.